The molecule has 2 aromatic heterocycles. The van der Waals surface area contributed by atoms with Gasteiger partial charge in [-0.1, -0.05) is 11.8 Å². The standard InChI is InChI=1S/C10H11N3OS2.ClH/c1-6-3-9(14)13-10(12-6)15-4-8-7(2)11-5-16-8;/h3,5H,4H2,1-2H3,(H,12,13,14);1H. The fourth-order valence-corrected chi connectivity index (χ4v) is 3.03. The molecular formula is C10H12ClN3OS2. The van der Waals surface area contributed by atoms with Gasteiger partial charge in [-0.3, -0.25) is 0 Å². The maximum absolute atomic E-state index is 9.33. The first kappa shape index (κ1) is 14.2. The second kappa shape index (κ2) is 6.18. The maximum atomic E-state index is 9.33. The van der Waals surface area contributed by atoms with Gasteiger partial charge in [0.2, 0.25) is 5.88 Å². The largest absolute Gasteiger partial charge is 0.493 e. The van der Waals surface area contributed by atoms with Gasteiger partial charge in [-0.25, -0.2) is 9.97 Å². The van der Waals surface area contributed by atoms with E-state index in [1.54, 1.807) is 17.4 Å². The van der Waals surface area contributed by atoms with Crippen LogP contribution < -0.4 is 0 Å². The molecule has 0 aliphatic heterocycles. The summed E-state index contributed by atoms with van der Waals surface area (Å²) < 4.78 is 0. The molecular weight excluding hydrogens is 278 g/mol. The zero-order valence-electron chi connectivity index (χ0n) is 9.38. The van der Waals surface area contributed by atoms with Crippen LogP contribution in [0.1, 0.15) is 16.3 Å². The minimum absolute atomic E-state index is 0. The summed E-state index contributed by atoms with van der Waals surface area (Å²) in [5.41, 5.74) is 3.66. The molecule has 0 aliphatic carbocycles. The van der Waals surface area contributed by atoms with Crippen molar-refractivity contribution in [1.82, 2.24) is 15.0 Å². The molecule has 2 aromatic rings. The predicted octanol–water partition coefficient (Wildman–Crippen LogP) is 2.97. The topological polar surface area (TPSA) is 58.9 Å². The Bertz CT molecular complexity index is 484. The Hall–Kier alpha value is -0.850. The normalized spacial score (nSPS) is 10.0. The lowest BCUT2D eigenvalue weighted by atomic mass is 10.4. The van der Waals surface area contributed by atoms with Gasteiger partial charge >= 0.3 is 0 Å². The van der Waals surface area contributed by atoms with Crippen LogP contribution in [0.4, 0.5) is 0 Å². The van der Waals surface area contributed by atoms with Gasteiger partial charge < -0.3 is 5.11 Å². The average molecular weight is 290 g/mol. The van der Waals surface area contributed by atoms with E-state index in [0.29, 0.717) is 5.16 Å². The van der Waals surface area contributed by atoms with Crippen molar-refractivity contribution in [3.05, 3.63) is 27.8 Å². The fraction of sp³-hybridized carbons (Fsp3) is 0.300. The van der Waals surface area contributed by atoms with Crippen LogP contribution in [0.3, 0.4) is 0 Å². The Kier molecular flexibility index (Phi) is 5.17. The van der Waals surface area contributed by atoms with Crippen LogP contribution in [0.5, 0.6) is 5.88 Å². The highest BCUT2D eigenvalue weighted by atomic mass is 35.5. The van der Waals surface area contributed by atoms with Crippen molar-refractivity contribution >= 4 is 35.5 Å². The number of hydrogen-bond donors (Lipinski definition) is 1. The summed E-state index contributed by atoms with van der Waals surface area (Å²) >= 11 is 3.14. The van der Waals surface area contributed by atoms with Gasteiger partial charge in [0.25, 0.3) is 0 Å². The number of rotatable bonds is 3. The van der Waals surface area contributed by atoms with Gasteiger partial charge in [-0.05, 0) is 13.8 Å². The van der Waals surface area contributed by atoms with E-state index in [1.165, 1.54) is 16.6 Å². The van der Waals surface area contributed by atoms with Crippen molar-refractivity contribution in [2.75, 3.05) is 0 Å². The minimum Gasteiger partial charge on any atom is -0.493 e. The second-order valence-corrected chi connectivity index (χ2v) is 5.18. The van der Waals surface area contributed by atoms with Crippen molar-refractivity contribution in [1.29, 1.82) is 0 Å². The molecule has 0 saturated heterocycles. The Morgan fingerprint density at radius 1 is 1.35 bits per heavy atom. The van der Waals surface area contributed by atoms with Crippen LogP contribution in [0.25, 0.3) is 0 Å². The van der Waals surface area contributed by atoms with Gasteiger partial charge in [-0.2, -0.15) is 4.98 Å². The third-order valence-corrected chi connectivity index (χ3v) is 3.99. The number of halogens is 1. The van der Waals surface area contributed by atoms with Gasteiger partial charge in [0.05, 0.1) is 11.2 Å². The van der Waals surface area contributed by atoms with E-state index in [4.69, 9.17) is 0 Å². The number of thiazole rings is 1. The van der Waals surface area contributed by atoms with E-state index in [9.17, 15) is 5.11 Å². The van der Waals surface area contributed by atoms with Gasteiger partial charge in [-0.15, -0.1) is 23.7 Å². The first-order chi connectivity index (χ1) is 7.65. The Morgan fingerprint density at radius 2 is 2.12 bits per heavy atom. The summed E-state index contributed by atoms with van der Waals surface area (Å²) in [5.74, 6) is 0.815. The number of nitrogens with zero attached hydrogens (tertiary/aromatic N) is 3. The number of aromatic nitrogens is 3. The lowest BCUT2D eigenvalue weighted by Crippen LogP contribution is -1.90. The van der Waals surface area contributed by atoms with Crippen LogP contribution in [0, 0.1) is 13.8 Å². The van der Waals surface area contributed by atoms with Crippen molar-refractivity contribution in [3.8, 4) is 5.88 Å². The molecule has 0 saturated carbocycles. The van der Waals surface area contributed by atoms with Crippen LogP contribution in [-0.2, 0) is 5.75 Å². The van der Waals surface area contributed by atoms with E-state index in [2.05, 4.69) is 15.0 Å². The van der Waals surface area contributed by atoms with Crippen molar-refractivity contribution in [2.24, 2.45) is 0 Å². The predicted molar refractivity (Wildman–Crippen MR) is 72.1 cm³/mol. The van der Waals surface area contributed by atoms with Crippen LogP contribution in [-0.4, -0.2) is 20.1 Å². The van der Waals surface area contributed by atoms with Crippen molar-refractivity contribution in [2.45, 2.75) is 24.8 Å². The molecule has 0 radical (unpaired) electrons. The van der Waals surface area contributed by atoms with Gasteiger partial charge in [0, 0.05) is 22.4 Å². The number of aryl methyl sites for hydroxylation is 2. The molecule has 0 amide bonds. The minimum atomic E-state index is 0. The molecule has 0 aromatic carbocycles. The summed E-state index contributed by atoms with van der Waals surface area (Å²) in [6.07, 6.45) is 0. The molecule has 2 rings (SSSR count). The highest BCUT2D eigenvalue weighted by Crippen LogP contribution is 2.24. The van der Waals surface area contributed by atoms with E-state index in [-0.39, 0.29) is 18.3 Å². The van der Waals surface area contributed by atoms with Crippen LogP contribution in [0.15, 0.2) is 16.7 Å². The van der Waals surface area contributed by atoms with E-state index in [1.807, 2.05) is 19.4 Å². The van der Waals surface area contributed by atoms with Crippen molar-refractivity contribution in [3.63, 3.8) is 0 Å². The molecule has 0 atom stereocenters. The quantitative estimate of drug-likeness (QED) is 0.695. The molecule has 0 aliphatic rings. The first-order valence-corrected chi connectivity index (χ1v) is 6.58. The molecule has 0 spiro atoms. The van der Waals surface area contributed by atoms with E-state index < -0.39 is 0 Å². The first-order valence-electron chi connectivity index (χ1n) is 4.71. The molecule has 0 fully saturated rings. The lowest BCUT2D eigenvalue weighted by Gasteiger charge is -2.01. The highest BCUT2D eigenvalue weighted by Gasteiger charge is 2.05. The Labute approximate surface area is 114 Å². The molecule has 2 heterocycles. The monoisotopic (exact) mass is 289 g/mol. The summed E-state index contributed by atoms with van der Waals surface area (Å²) in [4.78, 5) is 13.6. The Balaban J connectivity index is 0.00000144. The second-order valence-electron chi connectivity index (χ2n) is 3.30. The third kappa shape index (κ3) is 3.83. The average Bonchev–Trinajstić information content (AvgIpc) is 2.59. The van der Waals surface area contributed by atoms with Crippen LogP contribution >= 0.6 is 35.5 Å². The third-order valence-electron chi connectivity index (χ3n) is 2.00. The van der Waals surface area contributed by atoms with E-state index in [0.717, 1.165) is 17.1 Å². The zero-order valence-corrected chi connectivity index (χ0v) is 11.8. The van der Waals surface area contributed by atoms with Gasteiger partial charge in [0.1, 0.15) is 0 Å². The zero-order chi connectivity index (χ0) is 11.5. The smallest absolute Gasteiger partial charge is 0.215 e. The molecule has 0 bridgehead atoms. The fourth-order valence-electron chi connectivity index (χ4n) is 1.18. The highest BCUT2D eigenvalue weighted by molar-refractivity contribution is 7.98. The summed E-state index contributed by atoms with van der Waals surface area (Å²) in [6.45, 7) is 3.82. The molecule has 1 N–H and O–H groups in total. The Morgan fingerprint density at radius 3 is 2.71 bits per heavy atom. The molecule has 92 valence electrons. The van der Waals surface area contributed by atoms with Crippen molar-refractivity contribution < 1.29 is 5.11 Å². The summed E-state index contributed by atoms with van der Waals surface area (Å²) in [7, 11) is 0. The SMILES string of the molecule is Cc1cc(O)nc(SCc2scnc2C)n1.Cl. The number of aromatic hydroxyl groups is 1. The number of thioether (sulfide) groups is 1. The summed E-state index contributed by atoms with van der Waals surface area (Å²) in [6, 6.07) is 1.54. The lowest BCUT2D eigenvalue weighted by molar-refractivity contribution is 0.444. The van der Waals surface area contributed by atoms with Crippen LogP contribution in [0.2, 0.25) is 0 Å². The maximum Gasteiger partial charge on any atom is 0.215 e. The molecule has 4 nitrogen and oxygen atoms in total. The number of hydrogen-bond acceptors (Lipinski definition) is 6. The molecule has 17 heavy (non-hydrogen) atoms. The molecule has 7 heteroatoms. The van der Waals surface area contributed by atoms with Gasteiger partial charge in [0.15, 0.2) is 5.16 Å². The summed E-state index contributed by atoms with van der Waals surface area (Å²) in [5, 5.41) is 9.93. The molecule has 0 unspecified atom stereocenters. The van der Waals surface area contributed by atoms with E-state index >= 15 is 0 Å².